The Kier molecular flexibility index (Phi) is 35.6. The Morgan fingerprint density at radius 3 is 1.34 bits per heavy atom. The Labute approximate surface area is 460 Å². The number of amides is 5. The van der Waals surface area contributed by atoms with Crippen molar-refractivity contribution < 1.29 is 88.1 Å². The number of unbranched alkanes of at least 4 members (excludes halogenated alkanes) is 5. The van der Waals surface area contributed by atoms with Gasteiger partial charge in [0.25, 0.3) is 0 Å². The fraction of sp³-hybridized carbons (Fsp3) is 0.653. The van der Waals surface area contributed by atoms with Crippen LogP contribution < -0.4 is 41.9 Å². The second-order valence-electron chi connectivity index (χ2n) is 18.4. The third-order valence-corrected chi connectivity index (χ3v) is 12.1. The van der Waals surface area contributed by atoms with Crippen LogP contribution in [-0.2, 0) is 59.3 Å². The Balaban J connectivity index is 0.0000296. The number of carbonyl (C=O) groups is 11. The second kappa shape index (κ2) is 40.0. The van der Waals surface area contributed by atoms with Gasteiger partial charge < -0.3 is 76.3 Å². The van der Waals surface area contributed by atoms with E-state index in [-0.39, 0.29) is 142 Å². The van der Waals surface area contributed by atoms with E-state index in [1.165, 1.54) is 4.90 Å². The van der Waals surface area contributed by atoms with Crippen LogP contribution in [0.4, 0.5) is 4.79 Å². The molecule has 28 heteroatoms. The first kappa shape index (κ1) is 68.7. The zero-order valence-electron chi connectivity index (χ0n) is 43.5. The number of aliphatic carboxylic acids is 6. The van der Waals surface area contributed by atoms with Gasteiger partial charge in [0.15, 0.2) is 0 Å². The van der Waals surface area contributed by atoms with E-state index < -0.39 is 98.4 Å². The summed E-state index contributed by atoms with van der Waals surface area (Å²) in [5.41, 5.74) is 0.752. The minimum Gasteiger partial charge on any atom is -0.549 e. The Morgan fingerprint density at radius 1 is 0.481 bits per heavy atom. The van der Waals surface area contributed by atoms with Gasteiger partial charge in [-0.25, -0.2) is 19.2 Å². The smallest absolute Gasteiger partial charge is 0.549 e. The minimum absolute atomic E-state index is 0. The number of carboxylic acids is 6. The van der Waals surface area contributed by atoms with Crippen molar-refractivity contribution in [1.82, 2.24) is 46.2 Å². The molecule has 0 unspecified atom stereocenters. The number of nitrogens with zero attached hydrogens (tertiary/aromatic N) is 4. The van der Waals surface area contributed by atoms with Crippen molar-refractivity contribution in [2.24, 2.45) is 0 Å². The maximum absolute atomic E-state index is 13.2. The van der Waals surface area contributed by atoms with Gasteiger partial charge in [0.2, 0.25) is 17.7 Å². The summed E-state index contributed by atoms with van der Waals surface area (Å²) in [6, 6.07) is 4.06. The van der Waals surface area contributed by atoms with Crippen molar-refractivity contribution >= 4 is 85.3 Å². The number of urea groups is 1. The maximum Gasteiger partial charge on any atom is 3.00 e. The van der Waals surface area contributed by atoms with Gasteiger partial charge in [-0.2, -0.15) is 0 Å². The van der Waals surface area contributed by atoms with E-state index in [4.69, 9.17) is 9.84 Å². The fourth-order valence-corrected chi connectivity index (χ4v) is 7.92. The van der Waals surface area contributed by atoms with E-state index in [1.807, 2.05) is 6.07 Å². The van der Waals surface area contributed by atoms with E-state index in [2.05, 4.69) is 26.6 Å². The van der Waals surface area contributed by atoms with E-state index >= 15 is 0 Å². The molecule has 426 valence electrons. The number of carbonyl (C=O) groups excluding carboxylic acids is 8. The zero-order valence-corrected chi connectivity index (χ0v) is 45.9. The number of hydrogen-bond acceptors (Lipinski definition) is 19. The molecule has 5 amide bonds. The normalized spacial score (nSPS) is 15.1. The molecule has 3 atom stereocenters. The number of benzene rings is 1. The molecule has 0 bridgehead atoms. The van der Waals surface area contributed by atoms with Gasteiger partial charge in [-0.05, 0) is 63.4 Å². The molecule has 1 fully saturated rings. The van der Waals surface area contributed by atoms with Crippen LogP contribution in [0.15, 0.2) is 30.3 Å². The predicted molar refractivity (Wildman–Crippen MR) is 268 cm³/mol. The quantitative estimate of drug-likeness (QED) is 0.0178. The van der Waals surface area contributed by atoms with Gasteiger partial charge in [-0.1, -0.05) is 43.2 Å². The molecule has 0 saturated carbocycles. The number of carboxylic acid groups (broad SMARTS) is 6. The molecule has 1 aliphatic heterocycles. The monoisotopic (exact) mass is 1150 g/mol. The van der Waals surface area contributed by atoms with Crippen LogP contribution >= 0.6 is 0 Å². The molecule has 27 nitrogen and oxygen atoms in total. The molecule has 77 heavy (non-hydrogen) atoms. The van der Waals surface area contributed by atoms with E-state index in [0.717, 1.165) is 5.56 Å². The molecule has 2 rings (SSSR count). The molecule has 1 saturated heterocycles. The molecule has 1 aromatic carbocycles. The van der Waals surface area contributed by atoms with Crippen molar-refractivity contribution in [3.05, 3.63) is 35.9 Å². The van der Waals surface area contributed by atoms with Crippen molar-refractivity contribution in [3.63, 3.8) is 0 Å². The van der Waals surface area contributed by atoms with E-state index in [1.54, 1.807) is 39.0 Å². The van der Waals surface area contributed by atoms with Crippen LogP contribution in [0.25, 0.3) is 0 Å². The second-order valence-corrected chi connectivity index (χ2v) is 18.4. The third kappa shape index (κ3) is 34.1. The summed E-state index contributed by atoms with van der Waals surface area (Å²) in [5.74, 6) is -9.67. The number of rotatable bonds is 36. The third-order valence-electron chi connectivity index (χ3n) is 12.1. The summed E-state index contributed by atoms with van der Waals surface area (Å²) in [6.07, 6.45) is 3.37. The molecular weight excluding hydrogens is 1070 g/mol. The van der Waals surface area contributed by atoms with Crippen molar-refractivity contribution in [2.75, 3.05) is 91.6 Å². The zero-order chi connectivity index (χ0) is 56.3. The molecule has 8 N–H and O–H groups in total. The SMILES string of the molecule is O=C([O-])CN1CCN(CC(=O)[O-])CCN(CC(=O)NCCCC[C@H](NC(=O)CCCCCCC(=O)NCCCC[C@H](NC(=O)N[C@@H](CCC(=O)O)C(=O)O)C(=O)O)C(=O)OCc2ccccc2)CCN(CC(=O)[O-])CC1.[Ga+3]. The summed E-state index contributed by atoms with van der Waals surface area (Å²) in [6.45, 7) is 0.539. The number of esters is 1. The van der Waals surface area contributed by atoms with Crippen molar-refractivity contribution in [1.29, 1.82) is 0 Å². The first-order chi connectivity index (χ1) is 36.2. The molecule has 0 radical (unpaired) electrons. The summed E-state index contributed by atoms with van der Waals surface area (Å²) in [4.78, 5) is 139. The van der Waals surface area contributed by atoms with E-state index in [0.29, 0.717) is 51.4 Å². The number of nitrogens with one attached hydrogen (secondary N) is 5. The van der Waals surface area contributed by atoms with Gasteiger partial charge in [0.1, 0.15) is 24.7 Å². The molecule has 0 spiro atoms. The van der Waals surface area contributed by atoms with Crippen LogP contribution in [0.1, 0.15) is 95.5 Å². The largest absolute Gasteiger partial charge is 3.00 e. The van der Waals surface area contributed by atoms with Gasteiger partial charge in [-0.3, -0.25) is 38.8 Å². The van der Waals surface area contributed by atoms with Crippen LogP contribution in [-0.4, -0.2) is 230 Å². The van der Waals surface area contributed by atoms with Crippen molar-refractivity contribution in [2.45, 2.75) is 115 Å². The first-order valence-electron chi connectivity index (χ1n) is 25.5. The molecule has 1 aromatic rings. The van der Waals surface area contributed by atoms with Crippen LogP contribution in [0.2, 0.25) is 0 Å². The van der Waals surface area contributed by atoms with Crippen LogP contribution in [0.3, 0.4) is 0 Å². The molecular formula is C49H74GaN9O18. The molecule has 1 aliphatic rings. The summed E-state index contributed by atoms with van der Waals surface area (Å²) < 4.78 is 5.54. The predicted octanol–water partition coefficient (Wildman–Crippen LogP) is -4.71. The fourth-order valence-electron chi connectivity index (χ4n) is 7.92. The van der Waals surface area contributed by atoms with Gasteiger partial charge in [0.05, 0.1) is 24.5 Å². The maximum atomic E-state index is 13.2. The minimum atomic E-state index is -1.53. The average Bonchev–Trinajstić information content (AvgIpc) is 3.34. The van der Waals surface area contributed by atoms with E-state index in [9.17, 15) is 78.3 Å². The van der Waals surface area contributed by atoms with Gasteiger partial charge >= 0.3 is 49.7 Å². The van der Waals surface area contributed by atoms with Gasteiger partial charge in [-0.15, -0.1) is 0 Å². The average molecular weight is 1150 g/mol. The Bertz CT molecular complexity index is 2010. The summed E-state index contributed by atoms with van der Waals surface area (Å²) in [7, 11) is 0. The van der Waals surface area contributed by atoms with Gasteiger partial charge in [0, 0.05) is 104 Å². The summed E-state index contributed by atoms with van der Waals surface area (Å²) in [5, 5.41) is 74.4. The Morgan fingerprint density at radius 2 is 0.896 bits per heavy atom. The standard InChI is InChI=1S/C49H77N9O18.Ga/c59-39(50-20-10-8-14-36(46(70)71)53-49(75)54-37(47(72)73)18-19-42(62)63)16-6-1-2-7-17-40(60)52-38(48(74)76-34-35-12-4-3-5-13-35)15-9-11-21-51-41(61)30-55-22-24-56(31-43(64)65)26-28-58(33-45(68)69)29-27-57(25-23-55)32-44(66)67;/h3-5,12-13,36-38H,1-2,6-11,14-34H2,(H,50,59)(H,51,61)(H,52,60)(H,62,63)(H,64,65)(H,66,67)(H,68,69)(H,70,71)(H,72,73)(H2,53,54,75);/q;+3/p-3/t36-,37-,38-;/m0./s1. The number of hydrogen-bond donors (Lipinski definition) is 8. The summed E-state index contributed by atoms with van der Waals surface area (Å²) >= 11 is 0. The molecule has 1 heterocycles. The molecule has 0 aromatic heterocycles. The topological polar surface area (TPSA) is 400 Å². The number of ether oxygens (including phenoxy) is 1. The first-order valence-corrected chi connectivity index (χ1v) is 25.5. The molecule has 0 aliphatic carbocycles. The van der Waals surface area contributed by atoms with Crippen molar-refractivity contribution in [3.8, 4) is 0 Å². The van der Waals surface area contributed by atoms with Crippen LogP contribution in [0.5, 0.6) is 0 Å². The Hall–Kier alpha value is -6.33. The van der Waals surface area contributed by atoms with Crippen LogP contribution in [0, 0.1) is 0 Å².